The number of ketones is 1. The van der Waals surface area contributed by atoms with Gasteiger partial charge in [0.25, 0.3) is 0 Å². The molecule has 3 rings (SSSR count). The summed E-state index contributed by atoms with van der Waals surface area (Å²) in [6.07, 6.45) is 4.34. The lowest BCUT2D eigenvalue weighted by molar-refractivity contribution is -0.117. The van der Waals surface area contributed by atoms with Crippen molar-refractivity contribution >= 4 is 17.5 Å². The molecule has 5 nitrogen and oxygen atoms in total. The smallest absolute Gasteiger partial charge is 0.300 e. The lowest BCUT2D eigenvalue weighted by Gasteiger charge is -2.07. The van der Waals surface area contributed by atoms with Crippen molar-refractivity contribution in [3.05, 3.63) is 10.5 Å². The van der Waals surface area contributed by atoms with Crippen LogP contribution in [0.3, 0.4) is 0 Å². The second kappa shape index (κ2) is 3.76. The van der Waals surface area contributed by atoms with Crippen molar-refractivity contribution in [2.75, 3.05) is 0 Å². The number of aromatic nitrogens is 3. The minimum Gasteiger partial charge on any atom is -0.300 e. The molecule has 0 spiro atoms. The fourth-order valence-electron chi connectivity index (χ4n) is 2.06. The average molecular weight is 239 g/mol. The maximum absolute atomic E-state index is 11.5. The number of carbonyl (C=O) groups excluding carboxylic acids is 1. The molecular formula is C10H13N3O2S. The van der Waals surface area contributed by atoms with E-state index < -0.39 is 0 Å². The summed E-state index contributed by atoms with van der Waals surface area (Å²) in [7, 11) is 0. The Bertz CT molecular complexity index is 475. The van der Waals surface area contributed by atoms with Gasteiger partial charge in [0.2, 0.25) is 0 Å². The van der Waals surface area contributed by atoms with E-state index in [0.717, 1.165) is 24.4 Å². The number of Topliss-reactive ketones (excluding diaryl/α,β-unsaturated/α-hetero) is 1. The van der Waals surface area contributed by atoms with Crippen molar-refractivity contribution < 1.29 is 4.79 Å². The number of aromatic amines is 1. The highest BCUT2D eigenvalue weighted by Gasteiger charge is 2.31. The Hall–Kier alpha value is -1.04. The largest absolute Gasteiger partial charge is 0.344 e. The van der Waals surface area contributed by atoms with Crippen LogP contribution >= 0.6 is 11.8 Å². The topological polar surface area (TPSA) is 67.8 Å². The SMILES string of the molecule is O=C1CCC(Sc2n[nH]c(=O)n2C2CC2)C1. The third-order valence-corrected chi connectivity index (χ3v) is 4.29. The molecule has 1 aromatic heterocycles. The zero-order valence-electron chi connectivity index (χ0n) is 8.81. The lowest BCUT2D eigenvalue weighted by atomic mass is 10.4. The predicted octanol–water partition coefficient (Wildman–Crippen LogP) is 1.12. The van der Waals surface area contributed by atoms with Gasteiger partial charge in [-0.1, -0.05) is 11.8 Å². The van der Waals surface area contributed by atoms with Crippen molar-refractivity contribution in [2.45, 2.75) is 48.6 Å². The molecule has 0 bridgehead atoms. The fraction of sp³-hybridized carbons (Fsp3) is 0.700. The first kappa shape index (κ1) is 10.1. The second-order valence-electron chi connectivity index (χ2n) is 4.43. The zero-order valence-corrected chi connectivity index (χ0v) is 9.63. The molecule has 0 saturated heterocycles. The summed E-state index contributed by atoms with van der Waals surface area (Å²) in [4.78, 5) is 22.7. The molecule has 2 aliphatic rings. The van der Waals surface area contributed by atoms with Crippen molar-refractivity contribution in [2.24, 2.45) is 0 Å². The van der Waals surface area contributed by atoms with Crippen LogP contribution in [0.1, 0.15) is 38.1 Å². The molecule has 0 amide bonds. The second-order valence-corrected chi connectivity index (χ2v) is 5.70. The van der Waals surface area contributed by atoms with Gasteiger partial charge in [-0.3, -0.25) is 9.36 Å². The van der Waals surface area contributed by atoms with Gasteiger partial charge in [-0.2, -0.15) is 0 Å². The van der Waals surface area contributed by atoms with Gasteiger partial charge in [-0.05, 0) is 19.3 Å². The molecule has 0 aromatic carbocycles. The van der Waals surface area contributed by atoms with Crippen LogP contribution in [0.4, 0.5) is 0 Å². The number of rotatable bonds is 3. The number of H-pyrrole nitrogens is 1. The number of nitrogens with one attached hydrogen (secondary N) is 1. The molecule has 1 atom stereocenters. The summed E-state index contributed by atoms with van der Waals surface area (Å²) in [5.41, 5.74) is -0.116. The van der Waals surface area contributed by atoms with Gasteiger partial charge in [-0.15, -0.1) is 5.10 Å². The van der Waals surface area contributed by atoms with Crippen molar-refractivity contribution in [3.8, 4) is 0 Å². The van der Waals surface area contributed by atoms with E-state index in [1.54, 1.807) is 16.3 Å². The maximum atomic E-state index is 11.5. The summed E-state index contributed by atoms with van der Waals surface area (Å²) in [5.74, 6) is 0.327. The molecule has 86 valence electrons. The Morgan fingerprint density at radius 2 is 2.12 bits per heavy atom. The summed E-state index contributed by atoms with van der Waals surface area (Å²) in [5, 5.41) is 7.60. The van der Waals surface area contributed by atoms with Crippen LogP contribution in [-0.2, 0) is 4.79 Å². The number of thioether (sulfide) groups is 1. The van der Waals surface area contributed by atoms with Gasteiger partial charge in [0.1, 0.15) is 5.78 Å². The Kier molecular flexibility index (Phi) is 2.38. The molecule has 1 heterocycles. The van der Waals surface area contributed by atoms with Gasteiger partial charge in [0, 0.05) is 24.1 Å². The van der Waals surface area contributed by atoms with E-state index in [-0.39, 0.29) is 5.69 Å². The minimum absolute atomic E-state index is 0.116. The van der Waals surface area contributed by atoms with Crippen molar-refractivity contribution in [3.63, 3.8) is 0 Å². The van der Waals surface area contributed by atoms with Gasteiger partial charge < -0.3 is 0 Å². The third-order valence-electron chi connectivity index (χ3n) is 3.06. The van der Waals surface area contributed by atoms with Crippen molar-refractivity contribution in [1.29, 1.82) is 0 Å². The first-order valence-electron chi connectivity index (χ1n) is 5.59. The molecule has 1 N–H and O–H groups in total. The molecule has 1 aromatic rings. The zero-order chi connectivity index (χ0) is 11.1. The molecule has 6 heteroatoms. The molecule has 0 radical (unpaired) electrons. The summed E-state index contributed by atoms with van der Waals surface area (Å²) in [6, 6.07) is 0.339. The predicted molar refractivity (Wildman–Crippen MR) is 59.6 cm³/mol. The van der Waals surface area contributed by atoms with E-state index in [0.29, 0.717) is 29.9 Å². The van der Waals surface area contributed by atoms with E-state index in [1.165, 1.54) is 0 Å². The van der Waals surface area contributed by atoms with E-state index in [2.05, 4.69) is 10.2 Å². The number of nitrogens with zero attached hydrogens (tertiary/aromatic N) is 2. The third kappa shape index (κ3) is 1.81. The molecule has 16 heavy (non-hydrogen) atoms. The van der Waals surface area contributed by atoms with E-state index >= 15 is 0 Å². The highest BCUT2D eigenvalue weighted by atomic mass is 32.2. The molecule has 2 saturated carbocycles. The van der Waals surface area contributed by atoms with E-state index in [9.17, 15) is 9.59 Å². The highest BCUT2D eigenvalue weighted by molar-refractivity contribution is 7.99. The van der Waals surface area contributed by atoms with Crippen LogP contribution in [0.15, 0.2) is 9.95 Å². The Labute approximate surface area is 96.6 Å². The summed E-state index contributed by atoms with van der Waals surface area (Å²) >= 11 is 1.57. The normalized spacial score (nSPS) is 25.2. The van der Waals surface area contributed by atoms with Crippen LogP contribution < -0.4 is 5.69 Å². The van der Waals surface area contributed by atoms with Crippen LogP contribution in [0.5, 0.6) is 0 Å². The van der Waals surface area contributed by atoms with Gasteiger partial charge >= 0.3 is 5.69 Å². The van der Waals surface area contributed by atoms with E-state index in [1.807, 2.05) is 0 Å². The van der Waals surface area contributed by atoms with Gasteiger partial charge in [-0.25, -0.2) is 9.89 Å². The standard InChI is InChI=1S/C10H13N3O2S/c14-7-3-4-8(5-7)16-10-12-11-9(15)13(10)6-1-2-6/h6,8H,1-5H2,(H,11,15). The first-order chi connectivity index (χ1) is 7.74. The first-order valence-corrected chi connectivity index (χ1v) is 6.47. The highest BCUT2D eigenvalue weighted by Crippen LogP contribution is 2.38. The Morgan fingerprint density at radius 1 is 1.31 bits per heavy atom. The molecule has 2 fully saturated rings. The molecule has 2 aliphatic carbocycles. The van der Waals surface area contributed by atoms with Crippen LogP contribution in [0.25, 0.3) is 0 Å². The number of hydrogen-bond donors (Lipinski definition) is 1. The van der Waals surface area contributed by atoms with Crippen molar-refractivity contribution in [1.82, 2.24) is 14.8 Å². The molecule has 0 aliphatic heterocycles. The van der Waals surface area contributed by atoms with Crippen LogP contribution in [-0.4, -0.2) is 25.8 Å². The molecule has 1 unspecified atom stereocenters. The van der Waals surface area contributed by atoms with Crippen LogP contribution in [0, 0.1) is 0 Å². The summed E-state index contributed by atoms with van der Waals surface area (Å²) in [6.45, 7) is 0. The Morgan fingerprint density at radius 3 is 2.75 bits per heavy atom. The van der Waals surface area contributed by atoms with Gasteiger partial charge in [0.15, 0.2) is 5.16 Å². The monoisotopic (exact) mass is 239 g/mol. The minimum atomic E-state index is -0.116. The summed E-state index contributed by atoms with van der Waals surface area (Å²) < 4.78 is 1.74. The number of carbonyl (C=O) groups is 1. The maximum Gasteiger partial charge on any atom is 0.344 e. The van der Waals surface area contributed by atoms with Crippen LogP contribution in [0.2, 0.25) is 0 Å². The molecular weight excluding hydrogens is 226 g/mol. The average Bonchev–Trinajstić information content (AvgIpc) is 2.91. The fourth-order valence-corrected chi connectivity index (χ4v) is 3.30. The Balaban J connectivity index is 1.79. The van der Waals surface area contributed by atoms with E-state index in [4.69, 9.17) is 0 Å². The lowest BCUT2D eigenvalue weighted by Crippen LogP contribution is -2.16. The number of hydrogen-bond acceptors (Lipinski definition) is 4. The van der Waals surface area contributed by atoms with Gasteiger partial charge in [0.05, 0.1) is 0 Å². The quantitative estimate of drug-likeness (QED) is 0.858.